The van der Waals surface area contributed by atoms with E-state index in [4.69, 9.17) is 0 Å². The summed E-state index contributed by atoms with van der Waals surface area (Å²) >= 11 is 0.903. The number of nitrogens with zero attached hydrogens (tertiary/aromatic N) is 3. The van der Waals surface area contributed by atoms with Gasteiger partial charge in [0.1, 0.15) is 9.09 Å². The number of thiophene rings is 1. The molecule has 1 aliphatic rings. The predicted molar refractivity (Wildman–Crippen MR) is 87.7 cm³/mol. The Morgan fingerprint density at radius 3 is 2.78 bits per heavy atom. The second-order valence-electron chi connectivity index (χ2n) is 4.97. The van der Waals surface area contributed by atoms with Crippen molar-refractivity contribution >= 4 is 38.7 Å². The van der Waals surface area contributed by atoms with Crippen LogP contribution >= 0.6 is 11.3 Å². The van der Waals surface area contributed by atoms with Crippen LogP contribution in [0.15, 0.2) is 34.8 Å². The SMILES string of the molecule is COC(=O)c1ccc(S(=O)(=O)N2CCN(C)c3ccncc32)s1. The van der Waals surface area contributed by atoms with Crippen LogP contribution in [0.25, 0.3) is 0 Å². The number of carbonyl (C=O) groups excluding carboxylic acids is 1. The number of esters is 1. The molecule has 0 radical (unpaired) electrons. The molecule has 2 aromatic rings. The molecular weight excluding hydrogens is 338 g/mol. The largest absolute Gasteiger partial charge is 0.465 e. The minimum Gasteiger partial charge on any atom is -0.465 e. The van der Waals surface area contributed by atoms with Gasteiger partial charge in [-0.05, 0) is 18.2 Å². The minimum atomic E-state index is -3.74. The molecular formula is C14H15N3O4S2. The molecule has 1 aliphatic heterocycles. The van der Waals surface area contributed by atoms with Crippen molar-refractivity contribution in [2.45, 2.75) is 4.21 Å². The van der Waals surface area contributed by atoms with Gasteiger partial charge < -0.3 is 9.64 Å². The highest BCUT2D eigenvalue weighted by Gasteiger charge is 2.32. The Labute approximate surface area is 138 Å². The van der Waals surface area contributed by atoms with E-state index in [2.05, 4.69) is 9.72 Å². The normalized spacial score (nSPS) is 14.5. The van der Waals surface area contributed by atoms with Crippen molar-refractivity contribution in [3.63, 3.8) is 0 Å². The molecule has 0 unspecified atom stereocenters. The summed E-state index contributed by atoms with van der Waals surface area (Å²) in [6.45, 7) is 0.897. The predicted octanol–water partition coefficient (Wildman–Crippen LogP) is 1.57. The zero-order chi connectivity index (χ0) is 16.6. The zero-order valence-corrected chi connectivity index (χ0v) is 14.2. The highest BCUT2D eigenvalue weighted by atomic mass is 32.2. The molecule has 0 fully saturated rings. The molecule has 0 aromatic carbocycles. The number of fused-ring (bicyclic) bond motifs is 1. The third-order valence-electron chi connectivity index (χ3n) is 3.61. The third-order valence-corrected chi connectivity index (χ3v) is 6.95. The average Bonchev–Trinajstić information content (AvgIpc) is 3.05. The summed E-state index contributed by atoms with van der Waals surface area (Å²) in [6, 6.07) is 4.68. The monoisotopic (exact) mass is 353 g/mol. The van der Waals surface area contributed by atoms with Crippen molar-refractivity contribution in [2.24, 2.45) is 0 Å². The zero-order valence-electron chi connectivity index (χ0n) is 12.6. The lowest BCUT2D eigenvalue weighted by molar-refractivity contribution is 0.0606. The Morgan fingerprint density at radius 2 is 2.04 bits per heavy atom. The molecule has 3 heterocycles. The van der Waals surface area contributed by atoms with E-state index in [9.17, 15) is 13.2 Å². The number of rotatable bonds is 3. The van der Waals surface area contributed by atoms with Crippen LogP contribution in [0.1, 0.15) is 9.67 Å². The van der Waals surface area contributed by atoms with Crippen molar-refractivity contribution in [2.75, 3.05) is 36.5 Å². The number of hydrogen-bond acceptors (Lipinski definition) is 7. The summed E-state index contributed by atoms with van der Waals surface area (Å²) in [5.41, 5.74) is 1.34. The van der Waals surface area contributed by atoms with Gasteiger partial charge in [0.05, 0.1) is 31.2 Å². The third kappa shape index (κ3) is 2.66. The second kappa shape index (κ2) is 5.82. The Bertz CT molecular complexity index is 847. The number of hydrogen-bond donors (Lipinski definition) is 0. The lowest BCUT2D eigenvalue weighted by atomic mass is 10.2. The molecule has 0 saturated heterocycles. The van der Waals surface area contributed by atoms with Crippen LogP contribution in [0.2, 0.25) is 0 Å². The first kappa shape index (κ1) is 15.8. The van der Waals surface area contributed by atoms with E-state index in [-0.39, 0.29) is 9.09 Å². The van der Waals surface area contributed by atoms with Crippen molar-refractivity contribution in [1.82, 2.24) is 4.98 Å². The van der Waals surface area contributed by atoms with Gasteiger partial charge in [-0.1, -0.05) is 0 Å². The van der Waals surface area contributed by atoms with Crippen LogP contribution in [0, 0.1) is 0 Å². The first-order chi connectivity index (χ1) is 10.9. The van der Waals surface area contributed by atoms with Crippen LogP contribution in [0.4, 0.5) is 11.4 Å². The number of methoxy groups -OCH3 is 1. The number of anilines is 2. The van der Waals surface area contributed by atoms with E-state index in [1.165, 1.54) is 29.7 Å². The van der Waals surface area contributed by atoms with Crippen LogP contribution in [0.3, 0.4) is 0 Å². The van der Waals surface area contributed by atoms with Crippen LogP contribution < -0.4 is 9.21 Å². The molecule has 23 heavy (non-hydrogen) atoms. The van der Waals surface area contributed by atoms with Gasteiger partial charge in [0.25, 0.3) is 10.0 Å². The molecule has 0 atom stereocenters. The molecule has 0 aliphatic carbocycles. The Kier molecular flexibility index (Phi) is 3.99. The Morgan fingerprint density at radius 1 is 1.26 bits per heavy atom. The average molecular weight is 353 g/mol. The van der Waals surface area contributed by atoms with Crippen LogP contribution in [0.5, 0.6) is 0 Å². The Balaban J connectivity index is 2.02. The number of pyridine rings is 1. The first-order valence-electron chi connectivity index (χ1n) is 6.81. The van der Waals surface area contributed by atoms with Crippen LogP contribution in [-0.4, -0.2) is 46.6 Å². The molecule has 7 nitrogen and oxygen atoms in total. The van der Waals surface area contributed by atoms with E-state index in [1.54, 1.807) is 12.3 Å². The minimum absolute atomic E-state index is 0.109. The van der Waals surface area contributed by atoms with Gasteiger partial charge in [-0.2, -0.15) is 0 Å². The highest BCUT2D eigenvalue weighted by Crippen LogP contribution is 2.36. The van der Waals surface area contributed by atoms with Gasteiger partial charge in [-0.25, -0.2) is 13.2 Å². The Hall–Kier alpha value is -2.13. The lowest BCUT2D eigenvalue weighted by Gasteiger charge is -2.35. The van der Waals surface area contributed by atoms with E-state index >= 15 is 0 Å². The lowest BCUT2D eigenvalue weighted by Crippen LogP contribution is -2.42. The smallest absolute Gasteiger partial charge is 0.348 e. The second-order valence-corrected chi connectivity index (χ2v) is 8.15. The van der Waals surface area contributed by atoms with Gasteiger partial charge in [0.2, 0.25) is 0 Å². The topological polar surface area (TPSA) is 79.8 Å². The van der Waals surface area contributed by atoms with Crippen molar-refractivity contribution in [1.29, 1.82) is 0 Å². The van der Waals surface area contributed by atoms with Gasteiger partial charge in [-0.3, -0.25) is 9.29 Å². The van der Waals surface area contributed by atoms with E-state index in [0.29, 0.717) is 18.8 Å². The number of sulfonamides is 1. The fourth-order valence-corrected chi connectivity index (χ4v) is 5.20. The number of aromatic nitrogens is 1. The molecule has 0 amide bonds. The fraction of sp³-hybridized carbons (Fsp3) is 0.286. The molecule has 122 valence electrons. The maximum atomic E-state index is 12.9. The summed E-state index contributed by atoms with van der Waals surface area (Å²) in [7, 11) is -0.574. The summed E-state index contributed by atoms with van der Waals surface area (Å²) in [5, 5.41) is 0. The van der Waals surface area contributed by atoms with Crippen molar-refractivity contribution < 1.29 is 17.9 Å². The summed E-state index contributed by atoms with van der Waals surface area (Å²) in [6.07, 6.45) is 3.17. The quantitative estimate of drug-likeness (QED) is 0.780. The van der Waals surface area contributed by atoms with Crippen LogP contribution in [-0.2, 0) is 14.8 Å². The maximum absolute atomic E-state index is 12.9. The van der Waals surface area contributed by atoms with Gasteiger partial charge in [0.15, 0.2) is 0 Å². The molecule has 9 heteroatoms. The van der Waals surface area contributed by atoms with E-state index < -0.39 is 16.0 Å². The van der Waals surface area contributed by atoms with Crippen molar-refractivity contribution in [3.05, 3.63) is 35.5 Å². The molecule has 0 bridgehead atoms. The van der Waals surface area contributed by atoms with E-state index in [1.807, 2.05) is 11.9 Å². The number of likely N-dealkylation sites (N-methyl/N-ethyl adjacent to an activating group) is 1. The summed E-state index contributed by atoms with van der Waals surface area (Å²) in [5.74, 6) is -0.545. The molecule has 0 spiro atoms. The number of carbonyl (C=O) groups is 1. The molecule has 0 N–H and O–H groups in total. The standard InChI is InChI=1S/C14H15N3O4S2/c1-16-7-8-17(11-9-15-6-5-10(11)16)23(19,20)13-4-3-12(22-13)14(18)21-2/h3-6,9H,7-8H2,1-2H3. The number of ether oxygens (including phenoxy) is 1. The molecule has 2 aromatic heterocycles. The van der Waals surface area contributed by atoms with Gasteiger partial charge in [-0.15, -0.1) is 11.3 Å². The summed E-state index contributed by atoms with van der Waals surface area (Å²) in [4.78, 5) is 17.8. The maximum Gasteiger partial charge on any atom is 0.348 e. The van der Waals surface area contributed by atoms with E-state index in [0.717, 1.165) is 17.0 Å². The summed E-state index contributed by atoms with van der Waals surface area (Å²) < 4.78 is 31.9. The first-order valence-corrected chi connectivity index (χ1v) is 9.07. The highest BCUT2D eigenvalue weighted by molar-refractivity contribution is 7.94. The molecule has 3 rings (SSSR count). The van der Waals surface area contributed by atoms with Crippen molar-refractivity contribution in [3.8, 4) is 0 Å². The van der Waals surface area contributed by atoms with Gasteiger partial charge >= 0.3 is 5.97 Å². The van der Waals surface area contributed by atoms with Gasteiger partial charge in [0, 0.05) is 19.8 Å². The molecule has 0 saturated carbocycles. The fourth-order valence-electron chi connectivity index (χ4n) is 2.40.